The molecule has 0 radical (unpaired) electrons. The molecule has 0 bridgehead atoms. The van der Waals surface area contributed by atoms with Gasteiger partial charge in [0.05, 0.1) is 22.2 Å². The summed E-state index contributed by atoms with van der Waals surface area (Å²) in [4.78, 5) is 8.42. The van der Waals surface area contributed by atoms with Gasteiger partial charge in [0.1, 0.15) is 11.3 Å². The number of benzene rings is 2. The van der Waals surface area contributed by atoms with Gasteiger partial charge in [0, 0.05) is 57.5 Å². The van der Waals surface area contributed by atoms with E-state index in [1.807, 2.05) is 0 Å². The first kappa shape index (κ1) is 26.2. The molecule has 6 heterocycles. The molecule has 2 aromatic carbocycles. The van der Waals surface area contributed by atoms with Crippen LogP contribution >= 0.6 is 0 Å². The van der Waals surface area contributed by atoms with Crippen molar-refractivity contribution in [1.29, 1.82) is 0 Å². The van der Waals surface area contributed by atoms with E-state index in [4.69, 9.17) is 0 Å². The molecule has 0 saturated carbocycles. The zero-order valence-corrected chi connectivity index (χ0v) is 21.2. The number of hydrogen-bond acceptors (Lipinski definition) is 2. The predicted octanol–water partition coefficient (Wildman–Crippen LogP) is 8.60. The van der Waals surface area contributed by atoms with E-state index in [1.54, 1.807) is 0 Å². The van der Waals surface area contributed by atoms with Crippen LogP contribution in [-0.2, 0) is 0 Å². The molecule has 0 aliphatic carbocycles. The van der Waals surface area contributed by atoms with Crippen molar-refractivity contribution >= 4 is 43.9 Å². The lowest BCUT2D eigenvalue weighted by molar-refractivity contribution is 0.381. The summed E-state index contributed by atoms with van der Waals surface area (Å²) < 4.78 is 150. The molecule has 8 aromatic rings. The van der Waals surface area contributed by atoms with Gasteiger partial charge in [-0.15, -0.1) is 0 Å². The second-order valence-corrected chi connectivity index (χ2v) is 9.90. The number of aromatic nitrogens is 4. The Morgan fingerprint density at radius 3 is 1.02 bits per heavy atom. The molecule has 0 spiro atoms. The highest BCUT2D eigenvalue weighted by Crippen LogP contribution is 2.46. The molecule has 0 aliphatic heterocycles. The minimum Gasteiger partial charge on any atom is -0.299 e. The second kappa shape index (κ2) is 8.58. The molecule has 0 N–H and O–H groups in total. The normalized spacial score (nSPS) is 12.3. The Kier molecular flexibility index (Phi) is 5.12. The van der Waals surface area contributed by atoms with E-state index >= 15 is 17.6 Å². The summed E-state index contributed by atoms with van der Waals surface area (Å²) in [5.74, 6) is -22.0. The standard InChI is InChI=1S/C30H8F10N4/c31-17-15(18(32)22(36)25(39)21(17)35)13-9-3-8-44-27(9)28-10(4-7-43(28)29-11(13)1-5-41-29)14(12-2-6-42-30(12)44)16-19(33)23(37)26(40)24(38)20(16)34/h1-8H. The number of rotatable bonds is 2. The van der Waals surface area contributed by atoms with Crippen LogP contribution in [0, 0.1) is 58.2 Å². The van der Waals surface area contributed by atoms with Crippen LogP contribution in [-0.4, -0.2) is 18.8 Å². The van der Waals surface area contributed by atoms with Gasteiger partial charge in [-0.2, -0.15) is 0 Å². The molecule has 8 rings (SSSR count). The zero-order valence-electron chi connectivity index (χ0n) is 21.2. The van der Waals surface area contributed by atoms with Crippen LogP contribution in [0.4, 0.5) is 43.9 Å². The maximum absolute atomic E-state index is 15.3. The third-order valence-corrected chi connectivity index (χ3v) is 7.81. The van der Waals surface area contributed by atoms with Crippen LogP contribution in [0.15, 0.2) is 49.1 Å². The Morgan fingerprint density at radius 2 is 0.682 bits per heavy atom. The minimum atomic E-state index is -2.37. The van der Waals surface area contributed by atoms with Crippen LogP contribution in [0.2, 0.25) is 0 Å². The van der Waals surface area contributed by atoms with Crippen molar-refractivity contribution in [3.63, 3.8) is 0 Å². The summed E-state index contributed by atoms with van der Waals surface area (Å²) >= 11 is 0. The Morgan fingerprint density at radius 1 is 0.364 bits per heavy atom. The van der Waals surface area contributed by atoms with E-state index < -0.39 is 80.4 Å². The van der Waals surface area contributed by atoms with Crippen molar-refractivity contribution in [1.82, 2.24) is 18.8 Å². The molecule has 0 atom stereocenters. The van der Waals surface area contributed by atoms with E-state index in [9.17, 15) is 26.3 Å². The minimum absolute atomic E-state index is 0.000707. The van der Waals surface area contributed by atoms with E-state index in [2.05, 4.69) is 9.97 Å². The van der Waals surface area contributed by atoms with Gasteiger partial charge in [-0.3, -0.25) is 8.80 Å². The first-order valence-electron chi connectivity index (χ1n) is 12.5. The molecule has 4 nitrogen and oxygen atoms in total. The van der Waals surface area contributed by atoms with Crippen LogP contribution in [0.5, 0.6) is 0 Å². The van der Waals surface area contributed by atoms with Crippen LogP contribution < -0.4 is 0 Å². The van der Waals surface area contributed by atoms with Crippen LogP contribution in [0.3, 0.4) is 0 Å². The monoisotopic (exact) mass is 614 g/mol. The smallest absolute Gasteiger partial charge is 0.200 e. The third-order valence-electron chi connectivity index (χ3n) is 7.81. The average molecular weight is 614 g/mol. The fraction of sp³-hybridized carbons (Fsp3) is 0. The lowest BCUT2D eigenvalue weighted by Crippen LogP contribution is -2.04. The molecule has 0 aliphatic rings. The van der Waals surface area contributed by atoms with E-state index in [-0.39, 0.29) is 43.9 Å². The van der Waals surface area contributed by atoms with Crippen molar-refractivity contribution < 1.29 is 43.9 Å². The van der Waals surface area contributed by atoms with Crippen molar-refractivity contribution in [2.45, 2.75) is 0 Å². The van der Waals surface area contributed by atoms with Gasteiger partial charge in [-0.1, -0.05) is 0 Å². The van der Waals surface area contributed by atoms with Crippen LogP contribution in [0.25, 0.3) is 66.1 Å². The summed E-state index contributed by atoms with van der Waals surface area (Å²) in [5, 5.41) is -0.369. The van der Waals surface area contributed by atoms with Gasteiger partial charge in [0.25, 0.3) is 0 Å². The van der Waals surface area contributed by atoms with E-state index in [1.165, 1.54) is 57.9 Å². The van der Waals surface area contributed by atoms with Gasteiger partial charge in [0.2, 0.25) is 11.6 Å². The summed E-state index contributed by atoms with van der Waals surface area (Å²) in [5.41, 5.74) is -3.61. The van der Waals surface area contributed by atoms with E-state index in [0.717, 1.165) is 0 Å². The van der Waals surface area contributed by atoms with Crippen LogP contribution in [0.1, 0.15) is 0 Å². The molecule has 6 aromatic heterocycles. The highest BCUT2D eigenvalue weighted by molar-refractivity contribution is 6.20. The zero-order chi connectivity index (χ0) is 30.9. The van der Waals surface area contributed by atoms with Gasteiger partial charge < -0.3 is 0 Å². The Hall–Kier alpha value is -5.40. The summed E-state index contributed by atoms with van der Waals surface area (Å²) in [6, 6.07) is 5.16. The van der Waals surface area contributed by atoms with Crippen molar-refractivity contribution in [2.75, 3.05) is 0 Å². The topological polar surface area (TPSA) is 34.6 Å². The molecule has 0 saturated heterocycles. The second-order valence-electron chi connectivity index (χ2n) is 9.90. The van der Waals surface area contributed by atoms with Gasteiger partial charge in [-0.05, 0) is 24.3 Å². The molecule has 218 valence electrons. The largest absolute Gasteiger partial charge is 0.299 e. The summed E-state index contributed by atoms with van der Waals surface area (Å²) in [6.45, 7) is 0. The fourth-order valence-electron chi connectivity index (χ4n) is 6.01. The highest BCUT2D eigenvalue weighted by Gasteiger charge is 2.33. The van der Waals surface area contributed by atoms with Gasteiger partial charge in [-0.25, -0.2) is 53.9 Å². The molecule has 14 heteroatoms. The Bertz CT molecular complexity index is 2330. The molecule has 0 amide bonds. The third kappa shape index (κ3) is 2.99. The van der Waals surface area contributed by atoms with Crippen molar-refractivity contribution in [3.8, 4) is 22.3 Å². The molecule has 0 fully saturated rings. The Labute approximate surface area is 236 Å². The predicted molar refractivity (Wildman–Crippen MR) is 138 cm³/mol. The maximum Gasteiger partial charge on any atom is 0.200 e. The number of nitrogens with zero attached hydrogens (tertiary/aromatic N) is 4. The lowest BCUT2D eigenvalue weighted by atomic mass is 9.97. The van der Waals surface area contributed by atoms with Crippen molar-refractivity contribution in [2.24, 2.45) is 0 Å². The SMILES string of the molecule is Fc1c(F)c(F)c(-c2c3ccnc3n3ccc4c(-c5c(F)c(F)c(F)c(F)c5F)c5ccnc5n5ccc2c5c43)c(F)c1F. The molecular weight excluding hydrogens is 606 g/mol. The number of hydrogen-bond donors (Lipinski definition) is 0. The molecular formula is C30H8F10N4. The first-order chi connectivity index (χ1) is 21.0. The summed E-state index contributed by atoms with van der Waals surface area (Å²) in [7, 11) is 0. The Balaban J connectivity index is 1.70. The quantitative estimate of drug-likeness (QED) is 0.111. The average Bonchev–Trinajstić information content (AvgIpc) is 3.81. The first-order valence-corrected chi connectivity index (χ1v) is 12.5. The molecule has 0 unspecified atom stereocenters. The summed E-state index contributed by atoms with van der Waals surface area (Å²) in [6.07, 6.45) is 5.05. The van der Waals surface area contributed by atoms with Gasteiger partial charge >= 0.3 is 0 Å². The molecule has 44 heavy (non-hydrogen) atoms. The van der Waals surface area contributed by atoms with Crippen molar-refractivity contribution in [3.05, 3.63) is 107 Å². The maximum atomic E-state index is 15.3. The number of fused-ring (bicyclic) bond motifs is 4. The lowest BCUT2D eigenvalue weighted by Gasteiger charge is -2.09. The number of halogens is 10. The highest BCUT2D eigenvalue weighted by atomic mass is 19.2. The fourth-order valence-corrected chi connectivity index (χ4v) is 6.01. The van der Waals surface area contributed by atoms with Gasteiger partial charge in [0.15, 0.2) is 46.5 Å². The van der Waals surface area contributed by atoms with E-state index in [0.29, 0.717) is 0 Å².